The third-order valence-corrected chi connectivity index (χ3v) is 16.6. The first-order valence-corrected chi connectivity index (χ1v) is 20.2. The van der Waals surface area contributed by atoms with Crippen molar-refractivity contribution in [3.63, 3.8) is 0 Å². The molecule has 5 saturated carbocycles. The van der Waals surface area contributed by atoms with Crippen LogP contribution >= 0.6 is 0 Å². The van der Waals surface area contributed by atoms with Crippen molar-refractivity contribution in [3.8, 4) is 5.75 Å². The number of hydrogen-bond acceptors (Lipinski definition) is 5. The average molecular weight is 718 g/mol. The van der Waals surface area contributed by atoms with Crippen molar-refractivity contribution < 1.29 is 29.0 Å². The van der Waals surface area contributed by atoms with Gasteiger partial charge in [-0.05, 0) is 128 Å². The predicted molar refractivity (Wildman–Crippen MR) is 204 cm³/mol. The van der Waals surface area contributed by atoms with Gasteiger partial charge in [-0.25, -0.2) is 0 Å². The van der Waals surface area contributed by atoms with E-state index in [1.54, 1.807) is 7.11 Å². The lowest BCUT2D eigenvalue weighted by atomic mass is 9.32. The van der Waals surface area contributed by atoms with E-state index in [2.05, 4.69) is 53.4 Å². The van der Waals surface area contributed by atoms with Crippen LogP contribution in [0.25, 0.3) is 0 Å². The highest BCUT2D eigenvalue weighted by atomic mass is 16.5. The van der Waals surface area contributed by atoms with Crippen LogP contribution in [0.2, 0.25) is 0 Å². The van der Waals surface area contributed by atoms with Crippen molar-refractivity contribution in [2.24, 2.45) is 62.1 Å². The number of aliphatic carboxylic acids is 1. The summed E-state index contributed by atoms with van der Waals surface area (Å²) in [4.78, 5) is 39.2. The molecular formula is C45H67NO6. The van der Waals surface area contributed by atoms with E-state index in [0.717, 1.165) is 69.1 Å². The number of amides is 1. The Morgan fingerprint density at radius 1 is 0.885 bits per heavy atom. The summed E-state index contributed by atoms with van der Waals surface area (Å²) < 4.78 is 11.9. The number of nitrogens with one attached hydrogen (secondary N) is 1. The van der Waals surface area contributed by atoms with Crippen LogP contribution in [0.5, 0.6) is 5.75 Å². The van der Waals surface area contributed by atoms with Crippen molar-refractivity contribution in [1.29, 1.82) is 0 Å². The Bertz CT molecular complexity index is 1580. The van der Waals surface area contributed by atoms with E-state index < -0.39 is 11.4 Å². The maximum Gasteiger partial charge on any atom is 0.306 e. The molecule has 6 rings (SSSR count). The Morgan fingerprint density at radius 2 is 1.60 bits per heavy atom. The lowest BCUT2D eigenvalue weighted by molar-refractivity contribution is -0.249. The van der Waals surface area contributed by atoms with Crippen LogP contribution in [0, 0.1) is 62.1 Å². The van der Waals surface area contributed by atoms with Gasteiger partial charge in [0.1, 0.15) is 11.9 Å². The largest absolute Gasteiger partial charge is 0.496 e. The molecule has 10 atom stereocenters. The highest BCUT2D eigenvalue weighted by Crippen LogP contribution is 2.77. The second-order valence-corrected chi connectivity index (χ2v) is 20.1. The molecule has 1 aromatic rings. The number of para-hydroxylation sites is 1. The molecule has 52 heavy (non-hydrogen) atoms. The number of carboxylic acids is 1. The number of carbonyl (C=O) groups excluding carboxylic acids is 2. The zero-order chi connectivity index (χ0) is 38.1. The third-order valence-electron chi connectivity index (χ3n) is 16.6. The first-order valence-electron chi connectivity index (χ1n) is 20.2. The quantitative estimate of drug-likeness (QED) is 0.185. The van der Waals surface area contributed by atoms with Gasteiger partial charge in [0, 0.05) is 17.5 Å². The Balaban J connectivity index is 1.24. The molecule has 5 aliphatic rings. The summed E-state index contributed by atoms with van der Waals surface area (Å²) in [6.45, 7) is 23.3. The van der Waals surface area contributed by atoms with Gasteiger partial charge >= 0.3 is 11.9 Å². The SMILES string of the molecule is C=C(C)[C@@H]1CC[C@]2(C(=O)NCc3ccccc3OC)CC[C@]3(C)[C@H](CC[C@@H]4[C@@]5(C)CC[C@H](OC(=O)CC(C)(C)CC(=O)O)C(C)(C)[C@@H]5CC[C@]43C)[C@@H]12. The lowest BCUT2D eigenvalue weighted by Crippen LogP contribution is -2.67. The number of carbonyl (C=O) groups is 3. The van der Waals surface area contributed by atoms with Gasteiger partial charge in [0.25, 0.3) is 0 Å². The minimum atomic E-state index is -0.890. The van der Waals surface area contributed by atoms with E-state index in [1.165, 1.54) is 12.0 Å². The van der Waals surface area contributed by atoms with Gasteiger partial charge in [0.15, 0.2) is 0 Å². The molecule has 0 saturated heterocycles. The number of fused-ring (bicyclic) bond motifs is 7. The zero-order valence-electron chi connectivity index (χ0n) is 33.7. The highest BCUT2D eigenvalue weighted by Gasteiger charge is 2.72. The topological polar surface area (TPSA) is 102 Å². The van der Waals surface area contributed by atoms with Crippen LogP contribution < -0.4 is 10.1 Å². The van der Waals surface area contributed by atoms with Gasteiger partial charge in [-0.15, -0.1) is 0 Å². The van der Waals surface area contributed by atoms with Gasteiger partial charge in [-0.1, -0.05) is 78.8 Å². The molecule has 0 aromatic heterocycles. The van der Waals surface area contributed by atoms with E-state index >= 15 is 0 Å². The minimum absolute atomic E-state index is 0.0560. The lowest BCUT2D eigenvalue weighted by Gasteiger charge is -2.72. The molecule has 0 bridgehead atoms. The van der Waals surface area contributed by atoms with Crippen LogP contribution in [0.1, 0.15) is 138 Å². The Labute approximate surface area is 313 Å². The molecule has 288 valence electrons. The van der Waals surface area contributed by atoms with Gasteiger partial charge in [0.05, 0.1) is 25.4 Å². The number of ether oxygens (including phenoxy) is 2. The number of carboxylic acid groups (broad SMARTS) is 1. The summed E-state index contributed by atoms with van der Waals surface area (Å²) in [5.41, 5.74) is 1.42. The van der Waals surface area contributed by atoms with E-state index in [-0.39, 0.29) is 57.9 Å². The molecule has 0 aliphatic heterocycles. The van der Waals surface area contributed by atoms with Gasteiger partial charge < -0.3 is 19.9 Å². The maximum atomic E-state index is 14.6. The van der Waals surface area contributed by atoms with Crippen LogP contribution in [0.4, 0.5) is 0 Å². The van der Waals surface area contributed by atoms with E-state index in [9.17, 15) is 19.5 Å². The number of rotatable bonds is 10. The molecule has 2 N–H and O–H groups in total. The van der Waals surface area contributed by atoms with E-state index in [1.807, 2.05) is 38.1 Å². The summed E-state index contributed by atoms with van der Waals surface area (Å²) in [5.74, 6) is 1.96. The third kappa shape index (κ3) is 6.12. The number of allylic oxidation sites excluding steroid dienone is 1. The Morgan fingerprint density at radius 3 is 2.27 bits per heavy atom. The fraction of sp³-hybridized carbons (Fsp3) is 0.756. The molecule has 1 amide bonds. The summed E-state index contributed by atoms with van der Waals surface area (Å²) >= 11 is 0. The molecule has 7 nitrogen and oxygen atoms in total. The molecular weight excluding hydrogens is 650 g/mol. The van der Waals surface area contributed by atoms with Crippen molar-refractivity contribution in [1.82, 2.24) is 5.32 Å². The van der Waals surface area contributed by atoms with Gasteiger partial charge in [-0.3, -0.25) is 14.4 Å². The number of esters is 1. The fourth-order valence-corrected chi connectivity index (χ4v) is 14.0. The number of hydrogen-bond donors (Lipinski definition) is 2. The summed E-state index contributed by atoms with van der Waals surface area (Å²) in [6.07, 6.45) is 10.3. The molecule has 0 unspecified atom stereocenters. The van der Waals surface area contributed by atoms with Crippen LogP contribution in [-0.2, 0) is 25.7 Å². The van der Waals surface area contributed by atoms with Crippen LogP contribution in [-0.4, -0.2) is 36.2 Å². The molecule has 0 spiro atoms. The first-order chi connectivity index (χ1) is 24.3. The van der Waals surface area contributed by atoms with Gasteiger partial charge in [0.2, 0.25) is 5.91 Å². The van der Waals surface area contributed by atoms with E-state index in [0.29, 0.717) is 36.1 Å². The number of benzene rings is 1. The second-order valence-electron chi connectivity index (χ2n) is 20.1. The molecule has 1 aromatic carbocycles. The first kappa shape index (κ1) is 38.9. The van der Waals surface area contributed by atoms with Crippen molar-refractivity contribution in [2.45, 2.75) is 145 Å². The average Bonchev–Trinajstić information content (AvgIpc) is 3.46. The van der Waals surface area contributed by atoms with Crippen molar-refractivity contribution in [3.05, 3.63) is 42.0 Å². The smallest absolute Gasteiger partial charge is 0.306 e. The second kappa shape index (κ2) is 13.5. The fourth-order valence-electron chi connectivity index (χ4n) is 14.0. The molecule has 5 fully saturated rings. The molecule has 0 radical (unpaired) electrons. The Hall–Kier alpha value is -2.83. The highest BCUT2D eigenvalue weighted by molar-refractivity contribution is 5.84. The van der Waals surface area contributed by atoms with Crippen LogP contribution in [0.3, 0.4) is 0 Å². The van der Waals surface area contributed by atoms with Crippen molar-refractivity contribution >= 4 is 17.8 Å². The van der Waals surface area contributed by atoms with Crippen molar-refractivity contribution in [2.75, 3.05) is 7.11 Å². The predicted octanol–water partition coefficient (Wildman–Crippen LogP) is 9.77. The van der Waals surface area contributed by atoms with Crippen LogP contribution in [0.15, 0.2) is 36.4 Å². The molecule has 7 heteroatoms. The molecule has 5 aliphatic carbocycles. The molecule has 0 heterocycles. The zero-order valence-corrected chi connectivity index (χ0v) is 33.7. The normalized spacial score (nSPS) is 39.2. The van der Waals surface area contributed by atoms with E-state index in [4.69, 9.17) is 9.47 Å². The minimum Gasteiger partial charge on any atom is -0.496 e. The Kier molecular flexibility index (Phi) is 10.1. The maximum absolute atomic E-state index is 14.6. The number of methoxy groups -OCH3 is 1. The summed E-state index contributed by atoms with van der Waals surface area (Å²) in [6, 6.07) is 7.97. The monoisotopic (exact) mass is 717 g/mol. The summed E-state index contributed by atoms with van der Waals surface area (Å²) in [5, 5.41) is 12.8. The van der Waals surface area contributed by atoms with Gasteiger partial charge in [-0.2, -0.15) is 0 Å². The summed E-state index contributed by atoms with van der Waals surface area (Å²) in [7, 11) is 1.69. The standard InChI is InChI=1S/C45H67NO6/c1-28(2)30-17-22-45(39(50)46-27-29-13-11-12-14-32(29)51-10)24-23-43(8)31(38(30)45)15-16-34-42(7)20-19-35(41(5,6)33(42)18-21-44(34,43)9)52-37(49)26-40(3,4)25-36(47)48/h11-14,30-31,33-35,38H,1,15-27H2,2-10H3,(H,46,50)(H,47,48)/t30-,31+,33-,34+,35-,38+,42-,43+,44+,45-/m0/s1.